The predicted octanol–water partition coefficient (Wildman–Crippen LogP) is 1.63. The minimum absolute atomic E-state index is 0.0940. The molecule has 9 nitrogen and oxygen atoms in total. The maximum absolute atomic E-state index is 12.7. The van der Waals surface area contributed by atoms with Crippen LogP contribution in [0.25, 0.3) is 0 Å². The van der Waals surface area contributed by atoms with Crippen LogP contribution in [0.3, 0.4) is 0 Å². The second kappa shape index (κ2) is 8.75. The summed E-state index contributed by atoms with van der Waals surface area (Å²) in [7, 11) is 6.71. The number of rotatable bonds is 6. The van der Waals surface area contributed by atoms with Crippen molar-refractivity contribution in [2.45, 2.75) is 0 Å². The van der Waals surface area contributed by atoms with Gasteiger partial charge in [0.05, 0.1) is 21.3 Å². The summed E-state index contributed by atoms with van der Waals surface area (Å²) in [6, 6.07) is 5.18. The van der Waals surface area contributed by atoms with Gasteiger partial charge in [0.25, 0.3) is 5.91 Å². The van der Waals surface area contributed by atoms with Crippen LogP contribution < -0.4 is 19.5 Å². The molecule has 1 saturated heterocycles. The number of methoxy groups -OCH3 is 3. The van der Waals surface area contributed by atoms with E-state index in [1.807, 2.05) is 11.9 Å². The third kappa shape index (κ3) is 4.25. The highest BCUT2D eigenvalue weighted by Gasteiger charge is 2.22. The number of hydrogen-bond acceptors (Lipinski definition) is 8. The Labute approximate surface area is 164 Å². The third-order valence-electron chi connectivity index (χ3n) is 4.61. The number of benzene rings is 1. The molecule has 1 fully saturated rings. The smallest absolute Gasteiger partial charge is 0.272 e. The van der Waals surface area contributed by atoms with Gasteiger partial charge in [0, 0.05) is 50.1 Å². The van der Waals surface area contributed by atoms with Crippen LogP contribution in [0.5, 0.6) is 17.2 Å². The number of anilines is 2. The molecule has 0 atom stereocenters. The van der Waals surface area contributed by atoms with Crippen molar-refractivity contribution in [3.8, 4) is 17.2 Å². The van der Waals surface area contributed by atoms with Crippen LogP contribution in [0.1, 0.15) is 10.5 Å². The molecule has 0 bridgehead atoms. The number of aromatic nitrogens is 2. The molecule has 0 radical (unpaired) electrons. The Morgan fingerprint density at radius 3 is 2.18 bits per heavy atom. The van der Waals surface area contributed by atoms with Gasteiger partial charge < -0.3 is 29.3 Å². The SMILES string of the molecule is COc1cc(Nc2cc(C(=O)N3CCN(C)CC3)ncn2)cc(OC)c1OC. The molecule has 1 N–H and O–H groups in total. The Balaban J connectivity index is 1.80. The standard InChI is InChI=1S/C19H25N5O4/c1-23-5-7-24(8-6-23)19(25)14-11-17(21-12-20-14)22-13-9-15(26-2)18(28-4)16(10-13)27-3/h9-12H,5-8H2,1-4H3,(H,20,21,22). The van der Waals surface area contributed by atoms with Crippen molar-refractivity contribution < 1.29 is 19.0 Å². The fourth-order valence-corrected chi connectivity index (χ4v) is 3.02. The number of likely N-dealkylation sites (N-methyl/N-ethyl adjacent to an activating group) is 1. The monoisotopic (exact) mass is 387 g/mol. The lowest BCUT2D eigenvalue weighted by Crippen LogP contribution is -2.47. The lowest BCUT2D eigenvalue weighted by Gasteiger charge is -2.32. The van der Waals surface area contributed by atoms with Crippen LogP contribution in [0, 0.1) is 0 Å². The van der Waals surface area contributed by atoms with Crippen molar-refractivity contribution in [3.05, 3.63) is 30.2 Å². The van der Waals surface area contributed by atoms with Crippen LogP contribution >= 0.6 is 0 Å². The molecule has 0 unspecified atom stereocenters. The number of hydrogen-bond donors (Lipinski definition) is 1. The minimum Gasteiger partial charge on any atom is -0.493 e. The lowest BCUT2D eigenvalue weighted by atomic mass is 10.2. The molecule has 28 heavy (non-hydrogen) atoms. The van der Waals surface area contributed by atoms with E-state index in [9.17, 15) is 4.79 Å². The van der Waals surface area contributed by atoms with E-state index in [-0.39, 0.29) is 5.91 Å². The minimum atomic E-state index is -0.0940. The van der Waals surface area contributed by atoms with Crippen LogP contribution in [0.15, 0.2) is 24.5 Å². The van der Waals surface area contributed by atoms with Gasteiger partial charge in [-0.1, -0.05) is 0 Å². The summed E-state index contributed by atoms with van der Waals surface area (Å²) in [5, 5.41) is 3.16. The van der Waals surface area contributed by atoms with Gasteiger partial charge in [-0.05, 0) is 7.05 Å². The molecule has 9 heteroatoms. The summed E-state index contributed by atoms with van der Waals surface area (Å²) < 4.78 is 16.1. The van der Waals surface area contributed by atoms with Crippen molar-refractivity contribution in [2.75, 3.05) is 59.9 Å². The summed E-state index contributed by atoms with van der Waals surface area (Å²) in [4.78, 5) is 25.1. The van der Waals surface area contributed by atoms with Gasteiger partial charge >= 0.3 is 0 Å². The van der Waals surface area contributed by atoms with Crippen molar-refractivity contribution in [1.29, 1.82) is 0 Å². The van der Waals surface area contributed by atoms with Crippen molar-refractivity contribution in [3.63, 3.8) is 0 Å². The van der Waals surface area contributed by atoms with E-state index in [4.69, 9.17) is 14.2 Å². The molecule has 1 amide bonds. The van der Waals surface area contributed by atoms with E-state index < -0.39 is 0 Å². The summed E-state index contributed by atoms with van der Waals surface area (Å²) in [6.07, 6.45) is 1.38. The third-order valence-corrected chi connectivity index (χ3v) is 4.61. The first-order valence-corrected chi connectivity index (χ1v) is 8.92. The normalized spacial score (nSPS) is 14.5. The Morgan fingerprint density at radius 1 is 0.964 bits per heavy atom. The van der Waals surface area contributed by atoms with E-state index >= 15 is 0 Å². The first kappa shape index (κ1) is 19.7. The molecule has 0 aliphatic carbocycles. The molecule has 0 spiro atoms. The van der Waals surface area contributed by atoms with E-state index in [0.29, 0.717) is 47.5 Å². The Hall–Kier alpha value is -3.07. The molecule has 0 saturated carbocycles. The Bertz CT molecular complexity index is 812. The number of carbonyl (C=O) groups is 1. The van der Waals surface area contributed by atoms with Gasteiger partial charge in [0.2, 0.25) is 5.75 Å². The second-order valence-electron chi connectivity index (χ2n) is 6.42. The van der Waals surface area contributed by atoms with Gasteiger partial charge in [-0.3, -0.25) is 4.79 Å². The highest BCUT2D eigenvalue weighted by atomic mass is 16.5. The lowest BCUT2D eigenvalue weighted by molar-refractivity contribution is 0.0658. The first-order chi connectivity index (χ1) is 13.5. The maximum Gasteiger partial charge on any atom is 0.272 e. The van der Waals surface area contributed by atoms with Crippen LogP contribution in [0.4, 0.5) is 11.5 Å². The molecule has 2 aromatic rings. The van der Waals surface area contributed by atoms with Crippen LogP contribution in [-0.4, -0.2) is 80.2 Å². The van der Waals surface area contributed by atoms with Gasteiger partial charge in [-0.2, -0.15) is 0 Å². The number of carbonyl (C=O) groups excluding carboxylic acids is 1. The molecular formula is C19H25N5O4. The van der Waals surface area contributed by atoms with Crippen LogP contribution in [0.2, 0.25) is 0 Å². The number of piperazine rings is 1. The summed E-state index contributed by atoms with van der Waals surface area (Å²) in [6.45, 7) is 3.09. The number of nitrogens with zero attached hydrogens (tertiary/aromatic N) is 4. The molecule has 3 rings (SSSR count). The molecule has 1 aromatic heterocycles. The molecule has 1 aromatic carbocycles. The van der Waals surface area contributed by atoms with Gasteiger partial charge in [0.15, 0.2) is 11.5 Å². The molecule has 150 valence electrons. The van der Waals surface area contributed by atoms with E-state index in [1.165, 1.54) is 6.33 Å². The zero-order valence-corrected chi connectivity index (χ0v) is 16.6. The molecule has 1 aliphatic heterocycles. The molecule has 1 aliphatic rings. The highest BCUT2D eigenvalue weighted by Crippen LogP contribution is 2.40. The number of nitrogens with one attached hydrogen (secondary N) is 1. The molecule has 2 heterocycles. The summed E-state index contributed by atoms with van der Waals surface area (Å²) in [5.74, 6) is 1.95. The highest BCUT2D eigenvalue weighted by molar-refractivity contribution is 5.93. The Morgan fingerprint density at radius 2 is 1.61 bits per heavy atom. The Kier molecular flexibility index (Phi) is 6.15. The number of amides is 1. The predicted molar refractivity (Wildman–Crippen MR) is 105 cm³/mol. The topological polar surface area (TPSA) is 89.1 Å². The van der Waals surface area contributed by atoms with Crippen LogP contribution in [-0.2, 0) is 0 Å². The van der Waals surface area contributed by atoms with Gasteiger partial charge in [-0.25, -0.2) is 9.97 Å². The fourth-order valence-electron chi connectivity index (χ4n) is 3.02. The van der Waals surface area contributed by atoms with E-state index in [0.717, 1.165) is 13.1 Å². The average molecular weight is 387 g/mol. The quantitative estimate of drug-likeness (QED) is 0.800. The molecular weight excluding hydrogens is 362 g/mol. The zero-order valence-electron chi connectivity index (χ0n) is 16.6. The fraction of sp³-hybridized carbons (Fsp3) is 0.421. The average Bonchev–Trinajstić information content (AvgIpc) is 2.73. The van der Waals surface area contributed by atoms with Crippen molar-refractivity contribution in [1.82, 2.24) is 19.8 Å². The van der Waals surface area contributed by atoms with Gasteiger partial charge in [-0.15, -0.1) is 0 Å². The largest absolute Gasteiger partial charge is 0.493 e. The van der Waals surface area contributed by atoms with Crippen molar-refractivity contribution >= 4 is 17.4 Å². The summed E-state index contributed by atoms with van der Waals surface area (Å²) >= 11 is 0. The van der Waals surface area contributed by atoms with E-state index in [1.54, 1.807) is 39.5 Å². The number of ether oxygens (including phenoxy) is 3. The van der Waals surface area contributed by atoms with E-state index in [2.05, 4.69) is 20.2 Å². The second-order valence-corrected chi connectivity index (χ2v) is 6.42. The summed E-state index contributed by atoms with van der Waals surface area (Å²) in [5.41, 5.74) is 1.04. The van der Waals surface area contributed by atoms with Crippen molar-refractivity contribution in [2.24, 2.45) is 0 Å². The van der Waals surface area contributed by atoms with Gasteiger partial charge in [0.1, 0.15) is 17.8 Å². The first-order valence-electron chi connectivity index (χ1n) is 8.92. The zero-order chi connectivity index (χ0) is 20.1. The maximum atomic E-state index is 12.7.